The van der Waals surface area contributed by atoms with Crippen molar-refractivity contribution >= 4 is 18.6 Å². The van der Waals surface area contributed by atoms with Gasteiger partial charge >= 0.3 is 5.97 Å². The fraction of sp³-hybridized carbons (Fsp3) is 0.222. The number of carboxylic acids is 1. The van der Waals surface area contributed by atoms with Crippen LogP contribution in [0.1, 0.15) is 5.56 Å². The van der Waals surface area contributed by atoms with Crippen LogP contribution in [0.25, 0.3) is 0 Å². The summed E-state index contributed by atoms with van der Waals surface area (Å²) in [7, 11) is 0. The molecule has 4 heteroatoms. The van der Waals surface area contributed by atoms with Crippen LogP contribution >= 0.6 is 12.6 Å². The van der Waals surface area contributed by atoms with E-state index in [0.29, 0.717) is 6.42 Å². The maximum Gasteiger partial charge on any atom is 0.320 e. The van der Waals surface area contributed by atoms with Crippen molar-refractivity contribution in [3.63, 3.8) is 0 Å². The van der Waals surface area contributed by atoms with Crippen molar-refractivity contribution in [1.82, 2.24) is 0 Å². The second-order valence-corrected chi connectivity index (χ2v) is 3.34. The Morgan fingerprint density at radius 3 is 2.85 bits per heavy atom. The number of benzene rings is 1. The molecule has 0 saturated carbocycles. The van der Waals surface area contributed by atoms with Gasteiger partial charge in [-0.05, 0) is 24.1 Å². The van der Waals surface area contributed by atoms with Crippen LogP contribution in [0.5, 0.6) is 0 Å². The van der Waals surface area contributed by atoms with Gasteiger partial charge in [0.2, 0.25) is 0 Å². The topological polar surface area (TPSA) is 63.3 Å². The molecule has 13 heavy (non-hydrogen) atoms. The molecule has 1 aromatic carbocycles. The number of hydrogen-bond donors (Lipinski definition) is 3. The van der Waals surface area contributed by atoms with Gasteiger partial charge in [0.05, 0.1) is 0 Å². The van der Waals surface area contributed by atoms with Crippen molar-refractivity contribution in [2.45, 2.75) is 17.4 Å². The molecule has 0 heterocycles. The first-order valence-corrected chi connectivity index (χ1v) is 4.30. The molecule has 0 radical (unpaired) electrons. The summed E-state index contributed by atoms with van der Waals surface area (Å²) < 4.78 is 0. The standard InChI is InChI=1S/C9H11NO2S/c10-8(9(11)12)5-6-2-1-3-7(13)4-6/h1-4,8,13H,5,10H2,(H,11,12). The number of hydrogen-bond acceptors (Lipinski definition) is 3. The van der Waals surface area contributed by atoms with E-state index in [9.17, 15) is 4.79 Å². The van der Waals surface area contributed by atoms with Crippen LogP contribution in [0.2, 0.25) is 0 Å². The Balaban J connectivity index is 2.69. The van der Waals surface area contributed by atoms with Crippen LogP contribution in [0.4, 0.5) is 0 Å². The van der Waals surface area contributed by atoms with Crippen LogP contribution in [0.15, 0.2) is 29.2 Å². The number of carboxylic acid groups (broad SMARTS) is 1. The van der Waals surface area contributed by atoms with Gasteiger partial charge < -0.3 is 10.8 Å². The zero-order chi connectivity index (χ0) is 9.84. The molecule has 0 aliphatic rings. The lowest BCUT2D eigenvalue weighted by molar-refractivity contribution is -0.138. The van der Waals surface area contributed by atoms with Gasteiger partial charge in [0, 0.05) is 4.90 Å². The highest BCUT2D eigenvalue weighted by molar-refractivity contribution is 7.80. The maximum absolute atomic E-state index is 10.4. The van der Waals surface area contributed by atoms with Crippen LogP contribution in [-0.4, -0.2) is 17.1 Å². The van der Waals surface area contributed by atoms with Crippen LogP contribution in [-0.2, 0) is 11.2 Å². The van der Waals surface area contributed by atoms with Crippen molar-refractivity contribution in [1.29, 1.82) is 0 Å². The third-order valence-corrected chi connectivity index (χ3v) is 1.96. The normalized spacial score (nSPS) is 12.5. The molecule has 0 aliphatic carbocycles. The first-order valence-electron chi connectivity index (χ1n) is 3.86. The number of aliphatic carboxylic acids is 1. The minimum absolute atomic E-state index is 0.337. The Bertz CT molecular complexity index is 314. The van der Waals surface area contributed by atoms with E-state index < -0.39 is 12.0 Å². The van der Waals surface area contributed by atoms with E-state index in [1.165, 1.54) is 0 Å². The molecule has 3 nitrogen and oxygen atoms in total. The molecule has 0 bridgehead atoms. The van der Waals surface area contributed by atoms with Gasteiger partial charge in [-0.2, -0.15) is 0 Å². The molecular weight excluding hydrogens is 186 g/mol. The minimum atomic E-state index is -0.982. The maximum atomic E-state index is 10.4. The highest BCUT2D eigenvalue weighted by atomic mass is 32.1. The first-order chi connectivity index (χ1) is 6.09. The van der Waals surface area contributed by atoms with E-state index in [2.05, 4.69) is 12.6 Å². The zero-order valence-corrected chi connectivity index (χ0v) is 7.87. The Morgan fingerprint density at radius 1 is 1.62 bits per heavy atom. The van der Waals surface area contributed by atoms with Crippen LogP contribution in [0.3, 0.4) is 0 Å². The van der Waals surface area contributed by atoms with E-state index in [1.54, 1.807) is 0 Å². The van der Waals surface area contributed by atoms with E-state index >= 15 is 0 Å². The van der Waals surface area contributed by atoms with Gasteiger partial charge in [-0.3, -0.25) is 4.79 Å². The van der Waals surface area contributed by atoms with E-state index in [0.717, 1.165) is 10.5 Å². The van der Waals surface area contributed by atoms with Gasteiger partial charge in [-0.1, -0.05) is 12.1 Å². The Hall–Kier alpha value is -1.00. The Labute approximate surface area is 82.0 Å². The summed E-state index contributed by atoms with van der Waals surface area (Å²) in [6.07, 6.45) is 0.337. The van der Waals surface area contributed by atoms with Crippen molar-refractivity contribution in [3.8, 4) is 0 Å². The third-order valence-electron chi connectivity index (χ3n) is 1.68. The molecule has 0 amide bonds. The van der Waals surface area contributed by atoms with Gasteiger partial charge in [0.15, 0.2) is 0 Å². The lowest BCUT2D eigenvalue weighted by Gasteiger charge is -2.06. The zero-order valence-electron chi connectivity index (χ0n) is 6.97. The number of carbonyl (C=O) groups is 1. The van der Waals surface area contributed by atoms with Crippen molar-refractivity contribution < 1.29 is 9.90 Å². The summed E-state index contributed by atoms with van der Waals surface area (Å²) in [4.78, 5) is 11.3. The largest absolute Gasteiger partial charge is 0.480 e. The molecule has 0 saturated heterocycles. The highest BCUT2D eigenvalue weighted by Crippen LogP contribution is 2.10. The fourth-order valence-corrected chi connectivity index (χ4v) is 1.28. The molecule has 0 spiro atoms. The van der Waals surface area contributed by atoms with Gasteiger partial charge in [-0.25, -0.2) is 0 Å². The summed E-state index contributed by atoms with van der Waals surface area (Å²) in [6.45, 7) is 0. The molecule has 1 unspecified atom stereocenters. The van der Waals surface area contributed by atoms with Gasteiger partial charge in [-0.15, -0.1) is 12.6 Å². The predicted molar refractivity (Wildman–Crippen MR) is 53.0 cm³/mol. The van der Waals surface area contributed by atoms with Crippen LogP contribution < -0.4 is 5.73 Å². The molecule has 1 rings (SSSR count). The van der Waals surface area contributed by atoms with E-state index in [4.69, 9.17) is 10.8 Å². The second kappa shape index (κ2) is 4.30. The molecule has 0 aromatic heterocycles. The summed E-state index contributed by atoms with van der Waals surface area (Å²) in [5.74, 6) is -0.982. The quantitative estimate of drug-likeness (QED) is 0.632. The highest BCUT2D eigenvalue weighted by Gasteiger charge is 2.11. The molecule has 0 fully saturated rings. The fourth-order valence-electron chi connectivity index (χ4n) is 1.02. The number of rotatable bonds is 3. The van der Waals surface area contributed by atoms with Crippen molar-refractivity contribution in [2.75, 3.05) is 0 Å². The van der Waals surface area contributed by atoms with Crippen molar-refractivity contribution in [2.24, 2.45) is 5.73 Å². The number of thiol groups is 1. The average molecular weight is 197 g/mol. The first kappa shape index (κ1) is 10.1. The second-order valence-electron chi connectivity index (χ2n) is 2.82. The van der Waals surface area contributed by atoms with E-state index in [1.807, 2.05) is 24.3 Å². The number of nitrogens with two attached hydrogens (primary N) is 1. The van der Waals surface area contributed by atoms with Gasteiger partial charge in [0.1, 0.15) is 6.04 Å². The van der Waals surface area contributed by atoms with Crippen LogP contribution in [0, 0.1) is 0 Å². The monoisotopic (exact) mass is 197 g/mol. The summed E-state index contributed by atoms with van der Waals surface area (Å²) in [6, 6.07) is 6.47. The molecular formula is C9H11NO2S. The summed E-state index contributed by atoms with van der Waals surface area (Å²) >= 11 is 4.14. The molecule has 1 aromatic rings. The van der Waals surface area contributed by atoms with Crippen molar-refractivity contribution in [3.05, 3.63) is 29.8 Å². The predicted octanol–water partition coefficient (Wildman–Crippen LogP) is 0.930. The lowest BCUT2D eigenvalue weighted by atomic mass is 10.1. The summed E-state index contributed by atoms with van der Waals surface area (Å²) in [5.41, 5.74) is 6.27. The van der Waals surface area contributed by atoms with E-state index in [-0.39, 0.29) is 0 Å². The molecule has 1 atom stereocenters. The smallest absolute Gasteiger partial charge is 0.320 e. The average Bonchev–Trinajstić information content (AvgIpc) is 2.04. The third kappa shape index (κ3) is 3.08. The van der Waals surface area contributed by atoms with Gasteiger partial charge in [0.25, 0.3) is 0 Å². The molecule has 70 valence electrons. The lowest BCUT2D eigenvalue weighted by Crippen LogP contribution is -2.32. The Morgan fingerprint density at radius 2 is 2.31 bits per heavy atom. The summed E-state index contributed by atoms with van der Waals surface area (Å²) in [5, 5.41) is 8.57. The Kier molecular flexibility index (Phi) is 3.33. The SMILES string of the molecule is NC(Cc1cccc(S)c1)C(=O)O. The minimum Gasteiger partial charge on any atom is -0.480 e. The molecule has 3 N–H and O–H groups in total. The molecule has 0 aliphatic heterocycles.